The second kappa shape index (κ2) is 3.78. The van der Waals surface area contributed by atoms with Crippen LogP contribution in [0.25, 0.3) is 6.08 Å². The number of H-pyrrole nitrogens is 1. The van der Waals surface area contributed by atoms with E-state index in [1.807, 2.05) is 18.3 Å². The molecule has 10 heavy (non-hydrogen) atoms. The highest BCUT2D eigenvalue weighted by atomic mass is 127. The molecule has 1 aromatic heterocycles. The predicted molar refractivity (Wildman–Crippen MR) is 49.6 cm³/mol. The molecule has 1 heterocycles. The van der Waals surface area contributed by atoms with E-state index in [-0.39, 0.29) is 6.61 Å². The van der Waals surface area contributed by atoms with Crippen LogP contribution in [0.1, 0.15) is 5.69 Å². The molecule has 0 aliphatic heterocycles. The Morgan fingerprint density at radius 1 is 1.70 bits per heavy atom. The number of halogens is 1. The van der Waals surface area contributed by atoms with Crippen molar-refractivity contribution in [2.75, 3.05) is 6.61 Å². The molecule has 0 aliphatic carbocycles. The van der Waals surface area contributed by atoms with Gasteiger partial charge in [-0.1, -0.05) is 6.08 Å². The minimum atomic E-state index is 0.0929. The molecule has 3 heteroatoms. The molecular weight excluding hydrogens is 241 g/mol. The Hall–Kier alpha value is -0.290. The summed E-state index contributed by atoms with van der Waals surface area (Å²) in [5, 5.41) is 8.43. The van der Waals surface area contributed by atoms with E-state index in [1.165, 1.54) is 3.57 Å². The van der Waals surface area contributed by atoms with E-state index in [2.05, 4.69) is 27.6 Å². The fourth-order valence-electron chi connectivity index (χ4n) is 0.660. The molecule has 0 spiro atoms. The maximum atomic E-state index is 8.43. The maximum Gasteiger partial charge on any atom is 0.0616 e. The molecule has 1 aromatic rings. The summed E-state index contributed by atoms with van der Waals surface area (Å²) < 4.78 is 1.18. The van der Waals surface area contributed by atoms with Crippen molar-refractivity contribution in [2.45, 2.75) is 0 Å². The summed E-state index contributed by atoms with van der Waals surface area (Å²) in [5.41, 5.74) is 1.03. The minimum absolute atomic E-state index is 0.0929. The molecule has 1 rings (SSSR count). The van der Waals surface area contributed by atoms with Gasteiger partial charge in [-0.15, -0.1) is 0 Å². The number of aromatic nitrogens is 1. The third-order valence-electron chi connectivity index (χ3n) is 1.07. The van der Waals surface area contributed by atoms with Gasteiger partial charge in [0.2, 0.25) is 0 Å². The van der Waals surface area contributed by atoms with Crippen LogP contribution in [0.5, 0.6) is 0 Å². The van der Waals surface area contributed by atoms with Gasteiger partial charge < -0.3 is 10.1 Å². The van der Waals surface area contributed by atoms with Crippen LogP contribution in [0.15, 0.2) is 18.3 Å². The third-order valence-corrected chi connectivity index (χ3v) is 1.70. The average Bonchev–Trinajstić information content (AvgIpc) is 2.31. The molecule has 2 nitrogen and oxygen atoms in total. The Bertz CT molecular complexity index is 229. The molecule has 2 N–H and O–H groups in total. The highest BCUT2D eigenvalue weighted by molar-refractivity contribution is 14.1. The van der Waals surface area contributed by atoms with Crippen molar-refractivity contribution in [1.82, 2.24) is 4.98 Å². The van der Waals surface area contributed by atoms with Gasteiger partial charge in [-0.3, -0.25) is 0 Å². The summed E-state index contributed by atoms with van der Waals surface area (Å²) in [4.78, 5) is 3.03. The summed E-state index contributed by atoms with van der Waals surface area (Å²) in [6.45, 7) is 0.0929. The highest BCUT2D eigenvalue weighted by Gasteiger charge is 1.88. The lowest BCUT2D eigenvalue weighted by molar-refractivity contribution is 0.343. The van der Waals surface area contributed by atoms with Gasteiger partial charge >= 0.3 is 0 Å². The van der Waals surface area contributed by atoms with Crippen LogP contribution in [0.3, 0.4) is 0 Å². The first-order chi connectivity index (χ1) is 4.83. The zero-order valence-electron chi connectivity index (χ0n) is 5.34. The van der Waals surface area contributed by atoms with Crippen molar-refractivity contribution >= 4 is 28.7 Å². The van der Waals surface area contributed by atoms with E-state index < -0.39 is 0 Å². The molecule has 0 amide bonds. The molecule has 0 saturated carbocycles. The lowest BCUT2D eigenvalue weighted by atomic mass is 10.4. The maximum absolute atomic E-state index is 8.43. The summed E-state index contributed by atoms with van der Waals surface area (Å²) in [7, 11) is 0. The van der Waals surface area contributed by atoms with Crippen molar-refractivity contribution < 1.29 is 5.11 Å². The van der Waals surface area contributed by atoms with Crippen LogP contribution in [0.2, 0.25) is 0 Å². The van der Waals surface area contributed by atoms with Gasteiger partial charge in [-0.25, -0.2) is 0 Å². The molecule has 0 atom stereocenters. The monoisotopic (exact) mass is 249 g/mol. The first-order valence-corrected chi connectivity index (χ1v) is 4.02. The Morgan fingerprint density at radius 3 is 3.00 bits per heavy atom. The molecule has 0 aliphatic rings. The SMILES string of the molecule is OCC=Cc1cc(I)c[nH]1. The van der Waals surface area contributed by atoms with Crippen molar-refractivity contribution in [3.8, 4) is 0 Å². The Kier molecular flexibility index (Phi) is 2.95. The van der Waals surface area contributed by atoms with Crippen LogP contribution in [0.4, 0.5) is 0 Å². The molecule has 0 unspecified atom stereocenters. The van der Waals surface area contributed by atoms with Gasteiger partial charge in [-0.05, 0) is 34.7 Å². The topological polar surface area (TPSA) is 36.0 Å². The van der Waals surface area contributed by atoms with Gasteiger partial charge in [0.05, 0.1) is 6.61 Å². The van der Waals surface area contributed by atoms with Crippen LogP contribution in [0, 0.1) is 3.57 Å². The average molecular weight is 249 g/mol. The second-order valence-electron chi connectivity index (χ2n) is 1.86. The molecule has 54 valence electrons. The van der Waals surface area contributed by atoms with Crippen LogP contribution in [-0.2, 0) is 0 Å². The van der Waals surface area contributed by atoms with Gasteiger partial charge in [0.1, 0.15) is 0 Å². The smallest absolute Gasteiger partial charge is 0.0616 e. The van der Waals surface area contributed by atoms with Crippen molar-refractivity contribution in [3.63, 3.8) is 0 Å². The van der Waals surface area contributed by atoms with Crippen molar-refractivity contribution in [3.05, 3.63) is 27.6 Å². The number of aromatic amines is 1. The highest BCUT2D eigenvalue weighted by Crippen LogP contribution is 2.06. The number of hydrogen-bond acceptors (Lipinski definition) is 1. The number of aliphatic hydroxyl groups is 1. The molecule has 0 bridgehead atoms. The standard InChI is InChI=1S/C7H8INO/c8-6-4-7(9-5-6)2-1-3-10/h1-2,4-5,9-10H,3H2. The molecule has 0 aromatic carbocycles. The zero-order valence-corrected chi connectivity index (χ0v) is 7.50. The summed E-state index contributed by atoms with van der Waals surface area (Å²) in [5.74, 6) is 0. The van der Waals surface area contributed by atoms with E-state index in [4.69, 9.17) is 5.11 Å². The van der Waals surface area contributed by atoms with Gasteiger partial charge in [0.25, 0.3) is 0 Å². The van der Waals surface area contributed by atoms with Gasteiger partial charge in [0, 0.05) is 15.5 Å². The molecule has 0 radical (unpaired) electrons. The zero-order chi connectivity index (χ0) is 7.40. The fraction of sp³-hybridized carbons (Fsp3) is 0.143. The Morgan fingerprint density at radius 2 is 2.50 bits per heavy atom. The predicted octanol–water partition coefficient (Wildman–Crippen LogP) is 1.62. The van der Waals surface area contributed by atoms with Gasteiger partial charge in [0.15, 0.2) is 0 Å². The normalized spacial score (nSPS) is 11.0. The van der Waals surface area contributed by atoms with E-state index in [0.717, 1.165) is 5.69 Å². The van der Waals surface area contributed by atoms with E-state index in [1.54, 1.807) is 6.08 Å². The number of hydrogen-bond donors (Lipinski definition) is 2. The lowest BCUT2D eigenvalue weighted by Crippen LogP contribution is -1.71. The molecule has 0 saturated heterocycles. The lowest BCUT2D eigenvalue weighted by Gasteiger charge is -1.81. The summed E-state index contributed by atoms with van der Waals surface area (Å²) >= 11 is 2.22. The number of nitrogens with one attached hydrogen (secondary N) is 1. The molecular formula is C7H8INO. The molecule has 0 fully saturated rings. The Labute approximate surface area is 73.1 Å². The Balaban J connectivity index is 2.67. The fourth-order valence-corrected chi connectivity index (χ4v) is 1.15. The van der Waals surface area contributed by atoms with Crippen LogP contribution >= 0.6 is 22.6 Å². The van der Waals surface area contributed by atoms with E-state index in [0.29, 0.717) is 0 Å². The number of rotatable bonds is 2. The first kappa shape index (κ1) is 7.81. The number of aliphatic hydroxyl groups excluding tert-OH is 1. The third kappa shape index (κ3) is 2.15. The second-order valence-corrected chi connectivity index (χ2v) is 3.10. The van der Waals surface area contributed by atoms with E-state index in [9.17, 15) is 0 Å². The van der Waals surface area contributed by atoms with E-state index >= 15 is 0 Å². The van der Waals surface area contributed by atoms with Crippen molar-refractivity contribution in [1.29, 1.82) is 0 Å². The quantitative estimate of drug-likeness (QED) is 0.767. The first-order valence-electron chi connectivity index (χ1n) is 2.94. The summed E-state index contributed by atoms with van der Waals surface area (Å²) in [6, 6.07) is 2.01. The van der Waals surface area contributed by atoms with Crippen molar-refractivity contribution in [2.24, 2.45) is 0 Å². The van der Waals surface area contributed by atoms with Crippen LogP contribution in [-0.4, -0.2) is 16.7 Å². The largest absolute Gasteiger partial charge is 0.392 e. The van der Waals surface area contributed by atoms with Crippen LogP contribution < -0.4 is 0 Å². The van der Waals surface area contributed by atoms with Gasteiger partial charge in [-0.2, -0.15) is 0 Å². The minimum Gasteiger partial charge on any atom is -0.392 e. The summed E-state index contributed by atoms with van der Waals surface area (Å²) in [6.07, 6.45) is 5.46.